The first-order chi connectivity index (χ1) is 14.8. The fourth-order valence-corrected chi connectivity index (χ4v) is 4.80. The van der Waals surface area contributed by atoms with Crippen molar-refractivity contribution in [3.63, 3.8) is 0 Å². The van der Waals surface area contributed by atoms with Crippen molar-refractivity contribution < 1.29 is 13.2 Å². The normalized spacial score (nSPS) is 11.3. The maximum Gasteiger partial charge on any atom is 0.263 e. The largest absolute Gasteiger partial charge is 0.452 e. The molecule has 0 bridgehead atoms. The van der Waals surface area contributed by atoms with Gasteiger partial charge in [-0.15, -0.1) is 0 Å². The molecule has 4 rings (SSSR count). The molecule has 31 heavy (non-hydrogen) atoms. The number of hydrogen-bond acceptors (Lipinski definition) is 4. The zero-order valence-electron chi connectivity index (χ0n) is 15.7. The summed E-state index contributed by atoms with van der Waals surface area (Å²) in [4.78, 5) is -0.0941. The van der Waals surface area contributed by atoms with Crippen molar-refractivity contribution >= 4 is 50.5 Å². The van der Waals surface area contributed by atoms with Gasteiger partial charge in [0.1, 0.15) is 10.6 Å². The molecular weight excluding hydrogens is 481 g/mol. The van der Waals surface area contributed by atoms with Crippen LogP contribution in [0, 0.1) is 0 Å². The van der Waals surface area contributed by atoms with Crippen LogP contribution in [0.15, 0.2) is 84.0 Å². The molecule has 0 atom stereocenters. The minimum absolute atomic E-state index is 0.0153. The van der Waals surface area contributed by atoms with Crippen LogP contribution in [-0.2, 0) is 10.0 Å². The number of rotatable bonds is 6. The number of ether oxygens (including phenoxy) is 1. The second kappa shape index (κ2) is 8.80. The third kappa shape index (κ3) is 4.97. The fourth-order valence-electron chi connectivity index (χ4n) is 2.76. The van der Waals surface area contributed by atoms with E-state index in [4.69, 9.17) is 39.5 Å². The molecule has 1 heterocycles. The maximum absolute atomic E-state index is 12.6. The van der Waals surface area contributed by atoms with E-state index >= 15 is 0 Å². The zero-order chi connectivity index (χ0) is 22.0. The van der Waals surface area contributed by atoms with Gasteiger partial charge in [-0.3, -0.25) is 4.72 Å². The molecule has 4 aromatic rings. The Morgan fingerprint density at radius 2 is 1.68 bits per heavy atom. The Labute approximate surface area is 194 Å². The molecule has 0 unspecified atom stereocenters. The minimum atomic E-state index is -3.93. The molecule has 0 radical (unpaired) electrons. The molecule has 1 N–H and O–H groups in total. The average molecular weight is 495 g/mol. The third-order valence-electron chi connectivity index (χ3n) is 4.17. The Balaban J connectivity index is 1.51. The lowest BCUT2D eigenvalue weighted by Crippen LogP contribution is -2.13. The summed E-state index contributed by atoms with van der Waals surface area (Å²) in [7, 11) is -3.93. The number of benzene rings is 3. The zero-order valence-corrected chi connectivity index (χ0v) is 18.8. The predicted molar refractivity (Wildman–Crippen MR) is 122 cm³/mol. The molecule has 0 spiro atoms. The fraction of sp³-hybridized carbons (Fsp3) is 0. The van der Waals surface area contributed by atoms with Gasteiger partial charge in [0.2, 0.25) is 0 Å². The Morgan fingerprint density at radius 1 is 0.903 bits per heavy atom. The highest BCUT2D eigenvalue weighted by Crippen LogP contribution is 2.33. The molecule has 0 amide bonds. The summed E-state index contributed by atoms with van der Waals surface area (Å²) in [5.74, 6) is 0.828. The van der Waals surface area contributed by atoms with Crippen LogP contribution in [0.5, 0.6) is 11.5 Å². The number of para-hydroxylation sites is 1. The van der Waals surface area contributed by atoms with Gasteiger partial charge in [-0.25, -0.2) is 13.1 Å². The summed E-state index contributed by atoms with van der Waals surface area (Å²) in [6, 6.07) is 18.2. The van der Waals surface area contributed by atoms with Crippen LogP contribution >= 0.6 is 34.8 Å². The number of aromatic nitrogens is 2. The molecule has 1 aromatic heterocycles. The summed E-state index contributed by atoms with van der Waals surface area (Å²) in [5, 5.41) is 4.83. The van der Waals surface area contributed by atoms with Crippen molar-refractivity contribution in [3.05, 3.63) is 94.2 Å². The van der Waals surface area contributed by atoms with E-state index in [1.807, 2.05) is 30.3 Å². The van der Waals surface area contributed by atoms with Gasteiger partial charge in [0.05, 0.1) is 33.8 Å². The molecular formula is C21H14Cl3N3O3S. The maximum atomic E-state index is 12.6. The molecule has 0 saturated carbocycles. The Morgan fingerprint density at radius 3 is 2.39 bits per heavy atom. The van der Waals surface area contributed by atoms with Gasteiger partial charge < -0.3 is 4.74 Å². The van der Waals surface area contributed by atoms with Crippen molar-refractivity contribution in [1.82, 2.24) is 9.78 Å². The smallest absolute Gasteiger partial charge is 0.263 e. The summed E-state index contributed by atoms with van der Waals surface area (Å²) in [6.45, 7) is 0. The predicted octanol–water partition coefficient (Wildman–Crippen LogP) is 6.43. The van der Waals surface area contributed by atoms with E-state index in [9.17, 15) is 8.42 Å². The second-order valence-corrected chi connectivity index (χ2v) is 9.29. The highest BCUT2D eigenvalue weighted by Gasteiger charge is 2.19. The van der Waals surface area contributed by atoms with E-state index in [1.54, 1.807) is 23.1 Å². The molecule has 3 aromatic carbocycles. The molecule has 0 aliphatic carbocycles. The lowest BCUT2D eigenvalue weighted by Gasteiger charge is -2.11. The second-order valence-electron chi connectivity index (χ2n) is 6.38. The summed E-state index contributed by atoms with van der Waals surface area (Å²) < 4.78 is 35.2. The standard InChI is InChI=1S/C21H14Cl3N3O3S/c22-14-6-9-21(19(24)10-14)31(28,29)26-15-7-8-20(18(23)11-15)30-17-12-25-27(13-17)16-4-2-1-3-5-16/h1-13,26H. The van der Waals surface area contributed by atoms with Crippen LogP contribution in [-0.4, -0.2) is 18.2 Å². The molecule has 158 valence electrons. The van der Waals surface area contributed by atoms with Crippen molar-refractivity contribution in [2.75, 3.05) is 4.72 Å². The third-order valence-corrected chi connectivity index (χ3v) is 6.57. The highest BCUT2D eigenvalue weighted by atomic mass is 35.5. The van der Waals surface area contributed by atoms with Crippen molar-refractivity contribution in [2.24, 2.45) is 0 Å². The van der Waals surface area contributed by atoms with Gasteiger partial charge >= 0.3 is 0 Å². The molecule has 10 heteroatoms. The SMILES string of the molecule is O=S(=O)(Nc1ccc(Oc2cnn(-c3ccccc3)c2)c(Cl)c1)c1ccc(Cl)cc1Cl. The Kier molecular flexibility index (Phi) is 6.11. The average Bonchev–Trinajstić information content (AvgIpc) is 3.19. The Hall–Kier alpha value is -2.71. The summed E-state index contributed by atoms with van der Waals surface area (Å²) in [6.07, 6.45) is 3.27. The first-order valence-corrected chi connectivity index (χ1v) is 11.5. The van der Waals surface area contributed by atoms with E-state index in [-0.39, 0.29) is 20.6 Å². The number of nitrogens with zero attached hydrogens (tertiary/aromatic N) is 2. The lowest BCUT2D eigenvalue weighted by molar-refractivity contribution is 0.483. The van der Waals surface area contributed by atoms with E-state index in [0.717, 1.165) is 5.69 Å². The quantitative estimate of drug-likeness (QED) is 0.335. The molecule has 0 saturated heterocycles. The van der Waals surface area contributed by atoms with Crippen LogP contribution in [0.4, 0.5) is 5.69 Å². The summed E-state index contributed by atoms with van der Waals surface area (Å²) >= 11 is 18.1. The van der Waals surface area contributed by atoms with E-state index in [0.29, 0.717) is 16.5 Å². The van der Waals surface area contributed by atoms with Crippen molar-refractivity contribution in [1.29, 1.82) is 0 Å². The monoisotopic (exact) mass is 493 g/mol. The summed E-state index contributed by atoms with van der Waals surface area (Å²) in [5.41, 5.74) is 1.14. The van der Waals surface area contributed by atoms with E-state index in [1.165, 1.54) is 30.3 Å². The highest BCUT2D eigenvalue weighted by molar-refractivity contribution is 7.92. The number of halogens is 3. The van der Waals surface area contributed by atoms with Crippen LogP contribution in [0.1, 0.15) is 0 Å². The number of hydrogen-bond donors (Lipinski definition) is 1. The number of nitrogens with one attached hydrogen (secondary N) is 1. The van der Waals surface area contributed by atoms with E-state index in [2.05, 4.69) is 9.82 Å². The molecule has 0 aliphatic heterocycles. The van der Waals surface area contributed by atoms with Crippen molar-refractivity contribution in [2.45, 2.75) is 4.90 Å². The van der Waals surface area contributed by atoms with Gasteiger partial charge in [0.25, 0.3) is 10.0 Å². The molecule has 0 fully saturated rings. The Bertz CT molecular complexity index is 1340. The van der Waals surface area contributed by atoms with Crippen molar-refractivity contribution in [3.8, 4) is 17.2 Å². The van der Waals surface area contributed by atoms with Crippen LogP contribution in [0.3, 0.4) is 0 Å². The minimum Gasteiger partial charge on any atom is -0.452 e. The van der Waals surface area contributed by atoms with Crippen LogP contribution < -0.4 is 9.46 Å². The van der Waals surface area contributed by atoms with Gasteiger partial charge in [0, 0.05) is 5.02 Å². The number of anilines is 1. The van der Waals surface area contributed by atoms with Crippen LogP contribution in [0.2, 0.25) is 15.1 Å². The molecule has 0 aliphatic rings. The topological polar surface area (TPSA) is 73.2 Å². The first kappa shape index (κ1) is 21.5. The van der Waals surface area contributed by atoms with Gasteiger partial charge in [-0.1, -0.05) is 53.0 Å². The van der Waals surface area contributed by atoms with Gasteiger partial charge in [-0.2, -0.15) is 5.10 Å². The first-order valence-electron chi connectivity index (χ1n) is 8.87. The van der Waals surface area contributed by atoms with Gasteiger partial charge in [0.15, 0.2) is 5.75 Å². The number of sulfonamides is 1. The van der Waals surface area contributed by atoms with Gasteiger partial charge in [-0.05, 0) is 48.5 Å². The lowest BCUT2D eigenvalue weighted by atomic mass is 10.3. The molecule has 6 nitrogen and oxygen atoms in total. The van der Waals surface area contributed by atoms with E-state index < -0.39 is 10.0 Å². The van der Waals surface area contributed by atoms with Crippen LogP contribution in [0.25, 0.3) is 5.69 Å².